The van der Waals surface area contributed by atoms with Crippen LogP contribution >= 0.6 is 7.37 Å². The molecule has 0 aliphatic carbocycles. The summed E-state index contributed by atoms with van der Waals surface area (Å²) in [5, 5.41) is 0. The molecule has 0 aromatic rings. The van der Waals surface area contributed by atoms with Crippen LogP contribution in [0.1, 0.15) is 20.3 Å². The Morgan fingerprint density at radius 3 is 2.55 bits per heavy atom. The van der Waals surface area contributed by atoms with Gasteiger partial charge in [0.15, 0.2) is 0 Å². The summed E-state index contributed by atoms with van der Waals surface area (Å²) in [5.74, 6) is 0.164. The first-order valence-corrected chi connectivity index (χ1v) is 6.05. The van der Waals surface area contributed by atoms with E-state index in [4.69, 9.17) is 5.73 Å². The van der Waals surface area contributed by atoms with Gasteiger partial charge in [0.05, 0.1) is 0 Å². The highest BCUT2D eigenvalue weighted by Gasteiger charge is 2.19. The molecule has 0 rings (SSSR count). The third-order valence-electron chi connectivity index (χ3n) is 1.57. The SMILES string of the molecule is CCCP(=O)(O)CC(C)CN. The molecule has 0 bridgehead atoms. The van der Waals surface area contributed by atoms with Crippen LogP contribution in [0, 0.1) is 5.92 Å². The number of hydrogen-bond donors (Lipinski definition) is 2. The van der Waals surface area contributed by atoms with Crippen molar-refractivity contribution >= 4 is 7.37 Å². The number of nitrogens with two attached hydrogens (primary N) is 1. The fourth-order valence-corrected chi connectivity index (χ4v) is 3.01. The molecule has 0 aromatic heterocycles. The van der Waals surface area contributed by atoms with Crippen LogP contribution < -0.4 is 5.73 Å². The normalized spacial score (nSPS) is 19.3. The highest BCUT2D eigenvalue weighted by atomic mass is 31.2. The maximum atomic E-state index is 11.3. The summed E-state index contributed by atoms with van der Waals surface area (Å²) in [5.41, 5.74) is 5.34. The summed E-state index contributed by atoms with van der Waals surface area (Å²) in [4.78, 5) is 9.32. The Labute approximate surface area is 68.4 Å². The Hall–Kier alpha value is 0.150. The van der Waals surface area contributed by atoms with Gasteiger partial charge in [-0.05, 0) is 18.9 Å². The first-order valence-electron chi connectivity index (χ1n) is 4.02. The van der Waals surface area contributed by atoms with Crippen molar-refractivity contribution in [3.63, 3.8) is 0 Å². The van der Waals surface area contributed by atoms with Gasteiger partial charge >= 0.3 is 0 Å². The van der Waals surface area contributed by atoms with Crippen molar-refractivity contribution in [3.05, 3.63) is 0 Å². The van der Waals surface area contributed by atoms with Crippen LogP contribution in [-0.4, -0.2) is 23.8 Å². The second-order valence-corrected chi connectivity index (χ2v) is 5.60. The summed E-state index contributed by atoms with van der Waals surface area (Å²) in [6.07, 6.45) is 1.57. The van der Waals surface area contributed by atoms with E-state index in [9.17, 15) is 9.46 Å². The zero-order valence-corrected chi connectivity index (χ0v) is 8.18. The van der Waals surface area contributed by atoms with Crippen LogP contribution in [0.2, 0.25) is 0 Å². The van der Waals surface area contributed by atoms with Crippen molar-refractivity contribution in [3.8, 4) is 0 Å². The minimum absolute atomic E-state index is 0.164. The van der Waals surface area contributed by atoms with Gasteiger partial charge in [-0.3, -0.25) is 4.57 Å². The van der Waals surface area contributed by atoms with Gasteiger partial charge in [0.1, 0.15) is 0 Å². The Morgan fingerprint density at radius 1 is 1.64 bits per heavy atom. The highest BCUT2D eigenvalue weighted by molar-refractivity contribution is 7.57. The smallest absolute Gasteiger partial charge is 0.200 e. The first kappa shape index (κ1) is 11.2. The lowest BCUT2D eigenvalue weighted by molar-refractivity contribution is 0.464. The molecule has 0 heterocycles. The van der Waals surface area contributed by atoms with Gasteiger partial charge < -0.3 is 10.6 Å². The van der Waals surface area contributed by atoms with Crippen LogP contribution in [0.3, 0.4) is 0 Å². The lowest BCUT2D eigenvalue weighted by atomic mass is 10.2. The van der Waals surface area contributed by atoms with Gasteiger partial charge in [-0.1, -0.05) is 13.8 Å². The van der Waals surface area contributed by atoms with E-state index < -0.39 is 7.37 Å². The fourth-order valence-electron chi connectivity index (χ4n) is 1.00. The summed E-state index contributed by atoms with van der Waals surface area (Å²) in [6.45, 7) is 4.31. The van der Waals surface area contributed by atoms with E-state index in [0.717, 1.165) is 6.42 Å². The summed E-state index contributed by atoms with van der Waals surface area (Å²) in [7, 11) is -2.85. The summed E-state index contributed by atoms with van der Waals surface area (Å²) in [6, 6.07) is 0. The zero-order valence-electron chi connectivity index (χ0n) is 7.29. The van der Waals surface area contributed by atoms with E-state index in [2.05, 4.69) is 0 Å². The molecule has 0 aliphatic heterocycles. The van der Waals surface area contributed by atoms with Gasteiger partial charge in [0.2, 0.25) is 7.37 Å². The molecule has 0 fully saturated rings. The Kier molecular flexibility index (Phi) is 4.98. The predicted molar refractivity (Wildman–Crippen MR) is 48.1 cm³/mol. The van der Waals surface area contributed by atoms with Crippen molar-refractivity contribution in [2.24, 2.45) is 11.7 Å². The Morgan fingerprint density at radius 2 is 2.18 bits per heavy atom. The quantitative estimate of drug-likeness (QED) is 0.624. The van der Waals surface area contributed by atoms with Crippen molar-refractivity contribution in [1.29, 1.82) is 0 Å². The predicted octanol–water partition coefficient (Wildman–Crippen LogP) is 1.26. The molecule has 0 amide bonds. The van der Waals surface area contributed by atoms with E-state index in [1.54, 1.807) is 0 Å². The van der Waals surface area contributed by atoms with E-state index in [1.807, 2.05) is 13.8 Å². The molecule has 3 N–H and O–H groups in total. The van der Waals surface area contributed by atoms with Crippen LogP contribution in [-0.2, 0) is 4.57 Å². The Balaban J connectivity index is 3.81. The van der Waals surface area contributed by atoms with Crippen molar-refractivity contribution < 1.29 is 9.46 Å². The molecule has 2 atom stereocenters. The van der Waals surface area contributed by atoms with Gasteiger partial charge in [-0.15, -0.1) is 0 Å². The summed E-state index contributed by atoms with van der Waals surface area (Å²) >= 11 is 0. The van der Waals surface area contributed by atoms with Crippen molar-refractivity contribution in [2.75, 3.05) is 18.9 Å². The third kappa shape index (κ3) is 5.42. The third-order valence-corrected chi connectivity index (χ3v) is 3.91. The molecule has 3 nitrogen and oxygen atoms in total. The average Bonchev–Trinajstić information content (AvgIpc) is 1.86. The van der Waals surface area contributed by atoms with Gasteiger partial charge in [-0.25, -0.2) is 0 Å². The first-order chi connectivity index (χ1) is 5.02. The van der Waals surface area contributed by atoms with Crippen LogP contribution in [0.15, 0.2) is 0 Å². The second kappa shape index (κ2) is 4.91. The molecule has 68 valence electrons. The van der Waals surface area contributed by atoms with E-state index in [0.29, 0.717) is 18.9 Å². The van der Waals surface area contributed by atoms with E-state index in [1.165, 1.54) is 0 Å². The molecule has 0 radical (unpaired) electrons. The lowest BCUT2D eigenvalue weighted by Crippen LogP contribution is -2.15. The molecule has 2 unspecified atom stereocenters. The molecular formula is C7H18NO2P. The fraction of sp³-hybridized carbons (Fsp3) is 1.00. The van der Waals surface area contributed by atoms with Crippen molar-refractivity contribution in [1.82, 2.24) is 0 Å². The standard InChI is InChI=1S/C7H18NO2P/c1-3-4-11(9,10)6-7(2)5-8/h7H,3-6,8H2,1-2H3,(H,9,10). The monoisotopic (exact) mass is 179 g/mol. The molecule has 0 saturated heterocycles. The molecule has 0 aliphatic rings. The maximum Gasteiger partial charge on any atom is 0.200 e. The minimum Gasteiger partial charge on any atom is -0.344 e. The van der Waals surface area contributed by atoms with Crippen LogP contribution in [0.5, 0.6) is 0 Å². The second-order valence-electron chi connectivity index (χ2n) is 3.09. The summed E-state index contributed by atoms with van der Waals surface area (Å²) < 4.78 is 11.3. The molecule has 4 heteroatoms. The van der Waals surface area contributed by atoms with Crippen molar-refractivity contribution in [2.45, 2.75) is 20.3 Å². The molecule has 0 spiro atoms. The minimum atomic E-state index is -2.85. The largest absolute Gasteiger partial charge is 0.344 e. The highest BCUT2D eigenvalue weighted by Crippen LogP contribution is 2.42. The lowest BCUT2D eigenvalue weighted by Gasteiger charge is -2.14. The Bertz CT molecular complexity index is 149. The van der Waals surface area contributed by atoms with E-state index in [-0.39, 0.29) is 5.92 Å². The topological polar surface area (TPSA) is 63.3 Å². The maximum absolute atomic E-state index is 11.3. The molecular weight excluding hydrogens is 161 g/mol. The molecule has 0 aromatic carbocycles. The number of rotatable bonds is 5. The molecule has 0 saturated carbocycles. The van der Waals surface area contributed by atoms with Gasteiger partial charge in [-0.2, -0.15) is 0 Å². The average molecular weight is 179 g/mol. The van der Waals surface area contributed by atoms with Gasteiger partial charge in [0.25, 0.3) is 0 Å². The van der Waals surface area contributed by atoms with E-state index >= 15 is 0 Å². The van der Waals surface area contributed by atoms with Crippen LogP contribution in [0.25, 0.3) is 0 Å². The van der Waals surface area contributed by atoms with Gasteiger partial charge in [0, 0.05) is 12.3 Å². The van der Waals surface area contributed by atoms with Crippen LogP contribution in [0.4, 0.5) is 0 Å². The number of hydrogen-bond acceptors (Lipinski definition) is 2. The zero-order chi connectivity index (χ0) is 8.91. The molecule has 11 heavy (non-hydrogen) atoms.